The van der Waals surface area contributed by atoms with E-state index in [0.29, 0.717) is 17.1 Å². The highest BCUT2D eigenvalue weighted by atomic mass is 16.6. The smallest absolute Gasteiger partial charge is 0.276 e. The summed E-state index contributed by atoms with van der Waals surface area (Å²) in [6.45, 7) is 1.67. The second kappa shape index (κ2) is 7.65. The zero-order valence-corrected chi connectivity index (χ0v) is 13.9. The van der Waals surface area contributed by atoms with E-state index in [1.54, 1.807) is 31.4 Å². The molecule has 2 aromatic rings. The average Bonchev–Trinajstić information content (AvgIpc) is 2.66. The summed E-state index contributed by atoms with van der Waals surface area (Å²) in [5.74, 6) is 1.84. The molecular weight excluding hydrogens is 322 g/mol. The molecule has 1 heterocycles. The van der Waals surface area contributed by atoms with Crippen LogP contribution in [0.5, 0.6) is 11.5 Å². The van der Waals surface area contributed by atoms with Crippen LogP contribution in [0.15, 0.2) is 47.5 Å². The van der Waals surface area contributed by atoms with Crippen LogP contribution in [0.2, 0.25) is 0 Å². The SMILES string of the molecule is COc1cccc(C2=NCCCN2)c1OCc1ccccc1[N+](=O)[O-]. The number of benzene rings is 2. The highest BCUT2D eigenvalue weighted by molar-refractivity contribution is 6.02. The Bertz CT molecular complexity index is 805. The van der Waals surface area contributed by atoms with Crippen molar-refractivity contribution < 1.29 is 14.4 Å². The zero-order valence-electron chi connectivity index (χ0n) is 13.9. The van der Waals surface area contributed by atoms with E-state index in [2.05, 4.69) is 10.3 Å². The van der Waals surface area contributed by atoms with Gasteiger partial charge in [-0.2, -0.15) is 0 Å². The minimum Gasteiger partial charge on any atom is -0.493 e. The number of rotatable bonds is 6. The van der Waals surface area contributed by atoms with Gasteiger partial charge in [-0.3, -0.25) is 15.1 Å². The number of para-hydroxylation sites is 2. The monoisotopic (exact) mass is 341 g/mol. The van der Waals surface area contributed by atoms with Gasteiger partial charge in [0.25, 0.3) is 5.69 Å². The van der Waals surface area contributed by atoms with Gasteiger partial charge in [-0.25, -0.2) is 0 Å². The van der Waals surface area contributed by atoms with E-state index in [-0.39, 0.29) is 12.3 Å². The van der Waals surface area contributed by atoms with E-state index in [0.717, 1.165) is 30.9 Å². The molecule has 2 aromatic carbocycles. The van der Waals surface area contributed by atoms with E-state index in [9.17, 15) is 10.1 Å². The molecule has 0 amide bonds. The molecule has 0 bridgehead atoms. The Labute approximate surface area is 145 Å². The first-order chi connectivity index (χ1) is 12.2. The minimum atomic E-state index is -0.408. The molecule has 130 valence electrons. The Morgan fingerprint density at radius 3 is 2.80 bits per heavy atom. The highest BCUT2D eigenvalue weighted by Crippen LogP contribution is 2.33. The fourth-order valence-electron chi connectivity index (χ4n) is 2.69. The van der Waals surface area contributed by atoms with Gasteiger partial charge in [0, 0.05) is 19.2 Å². The van der Waals surface area contributed by atoms with Crippen LogP contribution < -0.4 is 14.8 Å². The molecule has 7 heteroatoms. The summed E-state index contributed by atoms with van der Waals surface area (Å²) >= 11 is 0. The molecule has 0 atom stereocenters. The summed E-state index contributed by atoms with van der Waals surface area (Å²) in [4.78, 5) is 15.3. The molecule has 0 spiro atoms. The summed E-state index contributed by atoms with van der Waals surface area (Å²) in [5, 5.41) is 14.4. The molecule has 7 nitrogen and oxygen atoms in total. The molecule has 0 radical (unpaired) electrons. The predicted octanol–water partition coefficient (Wildman–Crippen LogP) is 2.92. The first-order valence-electron chi connectivity index (χ1n) is 8.01. The van der Waals surface area contributed by atoms with E-state index < -0.39 is 4.92 Å². The molecule has 0 fully saturated rings. The third kappa shape index (κ3) is 3.71. The molecule has 0 aliphatic carbocycles. The summed E-state index contributed by atoms with van der Waals surface area (Å²) in [7, 11) is 1.56. The van der Waals surface area contributed by atoms with Gasteiger partial charge in [0.15, 0.2) is 11.5 Å². The van der Waals surface area contributed by atoms with Crippen LogP contribution in [0.25, 0.3) is 0 Å². The number of nitrogens with zero attached hydrogens (tertiary/aromatic N) is 2. The Morgan fingerprint density at radius 1 is 1.24 bits per heavy atom. The van der Waals surface area contributed by atoms with E-state index in [4.69, 9.17) is 9.47 Å². The van der Waals surface area contributed by atoms with Crippen LogP contribution in [0.4, 0.5) is 5.69 Å². The van der Waals surface area contributed by atoms with Crippen molar-refractivity contribution in [2.24, 2.45) is 4.99 Å². The third-order valence-electron chi connectivity index (χ3n) is 3.91. The number of nitro benzene ring substituents is 1. The van der Waals surface area contributed by atoms with Crippen LogP contribution in [-0.4, -0.2) is 31.0 Å². The van der Waals surface area contributed by atoms with Crippen LogP contribution in [0.3, 0.4) is 0 Å². The Morgan fingerprint density at radius 2 is 2.08 bits per heavy atom. The number of nitro groups is 1. The summed E-state index contributed by atoms with van der Waals surface area (Å²) < 4.78 is 11.3. The molecule has 0 aromatic heterocycles. The molecule has 0 saturated carbocycles. The molecule has 1 N–H and O–H groups in total. The van der Waals surface area contributed by atoms with Crippen LogP contribution in [0.1, 0.15) is 17.5 Å². The molecule has 0 saturated heterocycles. The minimum absolute atomic E-state index is 0.0343. The van der Waals surface area contributed by atoms with E-state index in [1.807, 2.05) is 12.1 Å². The maximum atomic E-state index is 11.2. The maximum Gasteiger partial charge on any atom is 0.276 e. The lowest BCUT2D eigenvalue weighted by atomic mass is 10.1. The van der Waals surface area contributed by atoms with Crippen LogP contribution >= 0.6 is 0 Å². The van der Waals surface area contributed by atoms with E-state index >= 15 is 0 Å². The molecule has 1 aliphatic heterocycles. The Hall–Kier alpha value is -3.09. The van der Waals surface area contributed by atoms with Crippen molar-refractivity contribution in [2.45, 2.75) is 13.0 Å². The molecule has 1 aliphatic rings. The number of aliphatic imine (C=N–C) groups is 1. The van der Waals surface area contributed by atoms with Crippen molar-refractivity contribution in [3.05, 3.63) is 63.7 Å². The van der Waals surface area contributed by atoms with Crippen LogP contribution in [0, 0.1) is 10.1 Å². The summed E-state index contributed by atoms with van der Waals surface area (Å²) in [6, 6.07) is 12.1. The van der Waals surface area contributed by atoms with Gasteiger partial charge in [0.1, 0.15) is 12.4 Å². The number of hydrogen-bond acceptors (Lipinski definition) is 6. The van der Waals surface area contributed by atoms with Crippen molar-refractivity contribution in [2.75, 3.05) is 20.2 Å². The summed E-state index contributed by atoms with van der Waals surface area (Å²) in [5.41, 5.74) is 1.33. The lowest BCUT2D eigenvalue weighted by Crippen LogP contribution is -2.30. The van der Waals surface area contributed by atoms with Gasteiger partial charge in [0.2, 0.25) is 0 Å². The van der Waals surface area contributed by atoms with Gasteiger partial charge in [-0.15, -0.1) is 0 Å². The van der Waals surface area contributed by atoms with Gasteiger partial charge < -0.3 is 14.8 Å². The largest absolute Gasteiger partial charge is 0.493 e. The van der Waals surface area contributed by atoms with Crippen molar-refractivity contribution in [1.29, 1.82) is 0 Å². The molecular formula is C18H19N3O4. The second-order valence-electron chi connectivity index (χ2n) is 5.52. The standard InChI is InChI=1S/C18H19N3O4/c1-24-16-9-4-7-14(18-19-10-5-11-20-18)17(16)25-12-13-6-2-3-8-15(13)21(22)23/h2-4,6-9H,5,10-12H2,1H3,(H,19,20). The highest BCUT2D eigenvalue weighted by Gasteiger charge is 2.19. The molecule has 0 unspecified atom stereocenters. The Kier molecular flexibility index (Phi) is 5.13. The predicted molar refractivity (Wildman–Crippen MR) is 94.4 cm³/mol. The van der Waals surface area contributed by atoms with E-state index in [1.165, 1.54) is 6.07 Å². The third-order valence-corrected chi connectivity index (χ3v) is 3.91. The van der Waals surface area contributed by atoms with Crippen LogP contribution in [-0.2, 0) is 6.61 Å². The fraction of sp³-hybridized carbons (Fsp3) is 0.278. The summed E-state index contributed by atoms with van der Waals surface area (Å²) in [6.07, 6.45) is 0.986. The Balaban J connectivity index is 1.92. The number of hydrogen-bond donors (Lipinski definition) is 1. The van der Waals surface area contributed by atoms with Crippen molar-refractivity contribution >= 4 is 11.5 Å². The lowest BCUT2D eigenvalue weighted by Gasteiger charge is -2.19. The molecule has 25 heavy (non-hydrogen) atoms. The normalized spacial score (nSPS) is 13.6. The average molecular weight is 341 g/mol. The number of ether oxygens (including phenoxy) is 2. The number of amidine groups is 1. The zero-order chi connectivity index (χ0) is 17.6. The molecule has 3 rings (SSSR count). The van der Waals surface area contributed by atoms with Crippen molar-refractivity contribution in [3.8, 4) is 11.5 Å². The van der Waals surface area contributed by atoms with Crippen molar-refractivity contribution in [3.63, 3.8) is 0 Å². The number of methoxy groups -OCH3 is 1. The maximum absolute atomic E-state index is 11.2. The number of nitrogens with one attached hydrogen (secondary N) is 1. The first-order valence-corrected chi connectivity index (χ1v) is 8.01. The van der Waals surface area contributed by atoms with Gasteiger partial charge >= 0.3 is 0 Å². The first kappa shape index (κ1) is 16.8. The topological polar surface area (TPSA) is 86.0 Å². The quantitative estimate of drug-likeness (QED) is 0.645. The van der Waals surface area contributed by atoms with Crippen molar-refractivity contribution in [1.82, 2.24) is 5.32 Å². The van der Waals surface area contributed by atoms with Gasteiger partial charge in [0.05, 0.1) is 23.2 Å². The van der Waals surface area contributed by atoms with Gasteiger partial charge in [-0.1, -0.05) is 18.2 Å². The lowest BCUT2D eigenvalue weighted by molar-refractivity contribution is -0.385. The fourth-order valence-corrected chi connectivity index (χ4v) is 2.69. The second-order valence-corrected chi connectivity index (χ2v) is 5.52. The van der Waals surface area contributed by atoms with Gasteiger partial charge in [-0.05, 0) is 24.6 Å².